The smallest absolute Gasteiger partial charge is 0.406 e. The van der Waals surface area contributed by atoms with Gasteiger partial charge in [0.15, 0.2) is 5.82 Å². The summed E-state index contributed by atoms with van der Waals surface area (Å²) in [6.45, 7) is 1.88. The minimum atomic E-state index is -4.84. The Bertz CT molecular complexity index is 849. The molecule has 0 aliphatic carbocycles. The number of aromatic nitrogens is 2. The van der Waals surface area contributed by atoms with Crippen LogP contribution in [0.15, 0.2) is 33.7 Å². The molecule has 25 heavy (non-hydrogen) atoms. The van der Waals surface area contributed by atoms with Gasteiger partial charge >= 0.3 is 6.36 Å². The van der Waals surface area contributed by atoms with Crippen molar-refractivity contribution >= 4 is 10.0 Å². The first-order valence-electron chi connectivity index (χ1n) is 7.35. The summed E-state index contributed by atoms with van der Waals surface area (Å²) in [6.07, 6.45) is -3.70. The number of ether oxygens (including phenoxy) is 1. The lowest BCUT2D eigenvalue weighted by Crippen LogP contribution is -2.30. The van der Waals surface area contributed by atoms with Crippen molar-refractivity contribution in [2.24, 2.45) is 0 Å². The van der Waals surface area contributed by atoms with E-state index in [0.29, 0.717) is 18.7 Å². The number of alkyl halides is 3. The van der Waals surface area contributed by atoms with Gasteiger partial charge in [0.25, 0.3) is 0 Å². The van der Waals surface area contributed by atoms with E-state index in [0.717, 1.165) is 24.3 Å². The van der Waals surface area contributed by atoms with Crippen molar-refractivity contribution in [3.8, 4) is 5.75 Å². The van der Waals surface area contributed by atoms with Crippen LogP contribution in [-0.4, -0.2) is 35.8 Å². The second-order valence-corrected chi connectivity index (χ2v) is 7.36. The maximum Gasteiger partial charge on any atom is 0.573 e. The first-order chi connectivity index (χ1) is 11.7. The predicted octanol–water partition coefficient (Wildman–Crippen LogP) is 2.80. The van der Waals surface area contributed by atoms with Crippen LogP contribution in [0.3, 0.4) is 0 Å². The third kappa shape index (κ3) is 3.76. The standard InChI is InChI=1S/C14H14F3N3O4S/c1-9-18-13(24-19-9)12-3-2-8-20(12)25(21,22)11-6-4-10(5-7-11)23-14(15,16)17/h4-7,12H,2-3,8H2,1H3. The van der Waals surface area contributed by atoms with Crippen LogP contribution in [0.5, 0.6) is 5.75 Å². The number of halogens is 3. The van der Waals surface area contributed by atoms with E-state index in [1.54, 1.807) is 6.92 Å². The topological polar surface area (TPSA) is 85.5 Å². The number of benzene rings is 1. The molecule has 2 aromatic rings. The zero-order chi connectivity index (χ0) is 18.2. The molecule has 1 unspecified atom stereocenters. The van der Waals surface area contributed by atoms with E-state index >= 15 is 0 Å². The monoisotopic (exact) mass is 377 g/mol. The van der Waals surface area contributed by atoms with Crippen LogP contribution in [-0.2, 0) is 10.0 Å². The van der Waals surface area contributed by atoms with Gasteiger partial charge in [-0.3, -0.25) is 0 Å². The van der Waals surface area contributed by atoms with Crippen LogP contribution in [0.1, 0.15) is 30.6 Å². The molecule has 7 nitrogen and oxygen atoms in total. The number of hydrogen-bond acceptors (Lipinski definition) is 6. The lowest BCUT2D eigenvalue weighted by molar-refractivity contribution is -0.274. The van der Waals surface area contributed by atoms with Crippen molar-refractivity contribution in [1.82, 2.24) is 14.4 Å². The highest BCUT2D eigenvalue weighted by atomic mass is 32.2. The summed E-state index contributed by atoms with van der Waals surface area (Å²) in [5.41, 5.74) is 0. The lowest BCUT2D eigenvalue weighted by atomic mass is 10.2. The van der Waals surface area contributed by atoms with Gasteiger partial charge < -0.3 is 9.26 Å². The Morgan fingerprint density at radius 3 is 2.52 bits per heavy atom. The van der Waals surface area contributed by atoms with Crippen molar-refractivity contribution in [2.75, 3.05) is 6.54 Å². The van der Waals surface area contributed by atoms with Crippen LogP contribution < -0.4 is 4.74 Å². The third-order valence-corrected chi connectivity index (χ3v) is 5.62. The van der Waals surface area contributed by atoms with E-state index < -0.39 is 28.2 Å². The molecule has 0 N–H and O–H groups in total. The fourth-order valence-electron chi connectivity index (χ4n) is 2.67. The molecule has 1 aliphatic heterocycles. The number of hydrogen-bond donors (Lipinski definition) is 0. The molecule has 1 aromatic carbocycles. The fourth-order valence-corrected chi connectivity index (χ4v) is 4.32. The van der Waals surface area contributed by atoms with Gasteiger partial charge in [0.1, 0.15) is 11.8 Å². The van der Waals surface area contributed by atoms with Gasteiger partial charge in [0.05, 0.1) is 4.90 Å². The summed E-state index contributed by atoms with van der Waals surface area (Å²) < 4.78 is 72.2. The highest BCUT2D eigenvalue weighted by molar-refractivity contribution is 7.89. The molecular formula is C14H14F3N3O4S. The van der Waals surface area contributed by atoms with E-state index in [9.17, 15) is 21.6 Å². The quantitative estimate of drug-likeness (QED) is 0.815. The molecule has 3 rings (SSSR count). The van der Waals surface area contributed by atoms with Gasteiger partial charge in [-0.25, -0.2) is 8.42 Å². The van der Waals surface area contributed by atoms with Crippen LogP contribution >= 0.6 is 0 Å². The maximum absolute atomic E-state index is 12.8. The molecule has 1 aliphatic rings. The van der Waals surface area contributed by atoms with Crippen LogP contribution in [0.25, 0.3) is 0 Å². The van der Waals surface area contributed by atoms with E-state index in [1.807, 2.05) is 0 Å². The zero-order valence-corrected chi connectivity index (χ0v) is 13.8. The van der Waals surface area contributed by atoms with E-state index in [4.69, 9.17) is 4.52 Å². The van der Waals surface area contributed by atoms with Gasteiger partial charge in [-0.1, -0.05) is 5.16 Å². The first kappa shape index (κ1) is 17.7. The average Bonchev–Trinajstić information content (AvgIpc) is 3.14. The Balaban J connectivity index is 1.85. The van der Waals surface area contributed by atoms with Gasteiger partial charge in [0.2, 0.25) is 15.9 Å². The van der Waals surface area contributed by atoms with Gasteiger partial charge in [-0.2, -0.15) is 9.29 Å². The van der Waals surface area contributed by atoms with Crippen LogP contribution in [0, 0.1) is 6.92 Å². The molecular weight excluding hydrogens is 363 g/mol. The Hall–Kier alpha value is -2.14. The van der Waals surface area contributed by atoms with Gasteiger partial charge in [-0.15, -0.1) is 13.2 Å². The maximum atomic E-state index is 12.8. The second kappa shape index (κ2) is 6.30. The van der Waals surface area contributed by atoms with E-state index in [1.165, 1.54) is 4.31 Å². The third-order valence-electron chi connectivity index (χ3n) is 3.70. The minimum absolute atomic E-state index is 0.134. The molecule has 1 fully saturated rings. The molecule has 136 valence electrons. The average molecular weight is 377 g/mol. The normalized spacial score (nSPS) is 19.3. The molecule has 1 atom stereocenters. The molecule has 1 saturated heterocycles. The van der Waals surface area contributed by atoms with Crippen LogP contribution in [0.2, 0.25) is 0 Å². The SMILES string of the molecule is Cc1noc(C2CCCN2S(=O)(=O)c2ccc(OC(F)(F)F)cc2)n1. The summed E-state index contributed by atoms with van der Waals surface area (Å²) in [4.78, 5) is 3.94. The highest BCUT2D eigenvalue weighted by Crippen LogP contribution is 2.36. The van der Waals surface area contributed by atoms with Crippen molar-refractivity contribution in [3.05, 3.63) is 36.0 Å². The molecule has 0 amide bonds. The molecule has 2 heterocycles. The Kier molecular flexibility index (Phi) is 4.45. The molecule has 0 spiro atoms. The predicted molar refractivity (Wildman–Crippen MR) is 78.0 cm³/mol. The first-order valence-corrected chi connectivity index (χ1v) is 8.79. The van der Waals surface area contributed by atoms with Gasteiger partial charge in [0, 0.05) is 6.54 Å². The summed E-state index contributed by atoms with van der Waals surface area (Å²) in [5.74, 6) is 0.112. The number of rotatable bonds is 4. The molecule has 0 radical (unpaired) electrons. The second-order valence-electron chi connectivity index (χ2n) is 5.47. The summed E-state index contributed by atoms with van der Waals surface area (Å²) >= 11 is 0. The zero-order valence-electron chi connectivity index (χ0n) is 13.0. The highest BCUT2D eigenvalue weighted by Gasteiger charge is 2.39. The number of aryl methyl sites for hydroxylation is 1. The molecule has 0 saturated carbocycles. The van der Waals surface area contributed by atoms with E-state index in [2.05, 4.69) is 14.9 Å². The summed E-state index contributed by atoms with van der Waals surface area (Å²) in [5, 5.41) is 3.67. The molecule has 11 heteroatoms. The Morgan fingerprint density at radius 2 is 1.96 bits per heavy atom. The molecule has 0 bridgehead atoms. The fraction of sp³-hybridized carbons (Fsp3) is 0.429. The molecule has 1 aromatic heterocycles. The van der Waals surface area contributed by atoms with Gasteiger partial charge in [-0.05, 0) is 44.0 Å². The van der Waals surface area contributed by atoms with Crippen molar-refractivity contribution in [1.29, 1.82) is 0 Å². The Labute approximate surface area is 141 Å². The number of sulfonamides is 1. The van der Waals surface area contributed by atoms with Crippen molar-refractivity contribution in [3.63, 3.8) is 0 Å². The lowest BCUT2D eigenvalue weighted by Gasteiger charge is -2.21. The van der Waals surface area contributed by atoms with Crippen LogP contribution in [0.4, 0.5) is 13.2 Å². The van der Waals surface area contributed by atoms with E-state index in [-0.39, 0.29) is 17.3 Å². The summed E-state index contributed by atoms with van der Waals surface area (Å²) in [7, 11) is -3.92. The minimum Gasteiger partial charge on any atom is -0.406 e. The Morgan fingerprint density at radius 1 is 1.28 bits per heavy atom. The largest absolute Gasteiger partial charge is 0.573 e. The van der Waals surface area contributed by atoms with Crippen molar-refractivity contribution in [2.45, 2.75) is 37.1 Å². The summed E-state index contributed by atoms with van der Waals surface area (Å²) in [6, 6.07) is 3.48. The van der Waals surface area contributed by atoms with Crippen molar-refractivity contribution < 1.29 is 30.8 Å². The number of nitrogens with zero attached hydrogens (tertiary/aromatic N) is 3.